The van der Waals surface area contributed by atoms with Gasteiger partial charge in [-0.1, -0.05) is 50.4 Å². The van der Waals surface area contributed by atoms with E-state index in [1.165, 1.54) is 32.1 Å². The van der Waals surface area contributed by atoms with Crippen LogP contribution in [0.15, 0.2) is 12.4 Å². The molecule has 3 rings (SSSR count). The Balaban J connectivity index is 1.79. The molecule has 1 aromatic heterocycles. The summed E-state index contributed by atoms with van der Waals surface area (Å²) in [6.07, 6.45) is 10.1. The first-order chi connectivity index (χ1) is 12.5. The molecule has 0 aliphatic heterocycles. The van der Waals surface area contributed by atoms with Gasteiger partial charge in [0.1, 0.15) is 0 Å². The molecule has 3 nitrogen and oxygen atoms in total. The third kappa shape index (κ3) is 3.86. The Morgan fingerprint density at radius 2 is 1.77 bits per heavy atom. The summed E-state index contributed by atoms with van der Waals surface area (Å²) in [6.45, 7) is 7.56. The Morgan fingerprint density at radius 1 is 1.15 bits per heavy atom. The van der Waals surface area contributed by atoms with Crippen LogP contribution in [0.3, 0.4) is 0 Å². The fourth-order valence-corrected chi connectivity index (χ4v) is 8.14. The topological polar surface area (TPSA) is 34.1 Å². The molecule has 2 aliphatic rings. The highest BCUT2D eigenvalue weighted by molar-refractivity contribution is 6.73. The van der Waals surface area contributed by atoms with Gasteiger partial charge in [-0.15, -0.1) is 0 Å². The molecule has 0 saturated heterocycles. The standard InChI is InChI=1S/C20H32Cl2N2OSi/c1-4-26(5-2,6-3)25-17(19-15(21)12-23-13-16(19)22)14-24-18-8-11-20(18)9-7-10-20/h12-13,17-18,24H,4-11,14H2,1-3H3/t17-,18-/m1/s1. The predicted octanol–water partition coefficient (Wildman–Crippen LogP) is 6.37. The highest BCUT2D eigenvalue weighted by Gasteiger charge is 2.50. The molecule has 26 heavy (non-hydrogen) atoms. The van der Waals surface area contributed by atoms with E-state index in [0.717, 1.165) is 30.2 Å². The minimum Gasteiger partial charge on any atom is -0.409 e. The summed E-state index contributed by atoms with van der Waals surface area (Å²) >= 11 is 13.0. The molecule has 0 bridgehead atoms. The van der Waals surface area contributed by atoms with Crippen LogP contribution in [-0.4, -0.2) is 25.9 Å². The smallest absolute Gasteiger partial charge is 0.192 e. The van der Waals surface area contributed by atoms with Crippen LogP contribution in [0.2, 0.25) is 28.2 Å². The lowest BCUT2D eigenvalue weighted by Crippen LogP contribution is -2.57. The van der Waals surface area contributed by atoms with Crippen molar-refractivity contribution < 1.29 is 4.43 Å². The van der Waals surface area contributed by atoms with E-state index < -0.39 is 8.32 Å². The van der Waals surface area contributed by atoms with Gasteiger partial charge in [-0.05, 0) is 49.2 Å². The van der Waals surface area contributed by atoms with Crippen LogP contribution >= 0.6 is 23.2 Å². The second-order valence-corrected chi connectivity index (χ2v) is 13.6. The van der Waals surface area contributed by atoms with Crippen molar-refractivity contribution in [3.63, 3.8) is 0 Å². The van der Waals surface area contributed by atoms with Crippen molar-refractivity contribution in [1.82, 2.24) is 10.3 Å². The largest absolute Gasteiger partial charge is 0.409 e. The summed E-state index contributed by atoms with van der Waals surface area (Å²) in [4.78, 5) is 4.12. The Bertz CT molecular complexity index is 586. The Hall–Kier alpha value is -0.133. The van der Waals surface area contributed by atoms with Gasteiger partial charge >= 0.3 is 0 Å². The predicted molar refractivity (Wildman–Crippen MR) is 113 cm³/mol. The normalized spacial score (nSPS) is 22.7. The lowest BCUT2D eigenvalue weighted by Gasteiger charge is -2.56. The lowest BCUT2D eigenvalue weighted by atomic mass is 9.53. The number of hydrogen-bond acceptors (Lipinski definition) is 3. The molecular weight excluding hydrogens is 383 g/mol. The summed E-state index contributed by atoms with van der Waals surface area (Å²) in [5.41, 5.74) is 1.48. The van der Waals surface area contributed by atoms with Gasteiger partial charge in [0.2, 0.25) is 0 Å². The fraction of sp³-hybridized carbons (Fsp3) is 0.750. The molecule has 0 unspecified atom stereocenters. The van der Waals surface area contributed by atoms with Gasteiger partial charge in [0.25, 0.3) is 0 Å². The number of halogens is 2. The maximum absolute atomic E-state index is 6.85. The summed E-state index contributed by atoms with van der Waals surface area (Å²) in [6, 6.07) is 3.97. The van der Waals surface area contributed by atoms with Crippen molar-refractivity contribution in [2.75, 3.05) is 6.54 Å². The Morgan fingerprint density at radius 3 is 2.19 bits per heavy atom. The van der Waals surface area contributed by atoms with E-state index in [2.05, 4.69) is 31.1 Å². The van der Waals surface area contributed by atoms with E-state index in [1.54, 1.807) is 12.4 Å². The molecule has 2 fully saturated rings. The molecular formula is C20H32Cl2N2OSi. The van der Waals surface area contributed by atoms with Gasteiger partial charge in [-0.3, -0.25) is 4.98 Å². The first kappa shape index (κ1) is 20.6. The molecule has 1 N–H and O–H groups in total. The van der Waals surface area contributed by atoms with Crippen LogP contribution in [0.25, 0.3) is 0 Å². The zero-order valence-electron chi connectivity index (χ0n) is 16.3. The van der Waals surface area contributed by atoms with E-state index in [4.69, 9.17) is 27.6 Å². The summed E-state index contributed by atoms with van der Waals surface area (Å²) in [7, 11) is -1.78. The second kappa shape index (κ2) is 8.48. The number of hydrogen-bond donors (Lipinski definition) is 1. The molecule has 2 aliphatic carbocycles. The fourth-order valence-electron chi connectivity index (χ4n) is 4.73. The number of nitrogens with one attached hydrogen (secondary N) is 1. The molecule has 6 heteroatoms. The number of nitrogens with zero attached hydrogens (tertiary/aromatic N) is 1. The van der Waals surface area contributed by atoms with Gasteiger partial charge < -0.3 is 9.74 Å². The zero-order chi connectivity index (χ0) is 18.8. The van der Waals surface area contributed by atoms with Crippen molar-refractivity contribution in [2.45, 2.75) is 83.2 Å². The van der Waals surface area contributed by atoms with Gasteiger partial charge in [-0.25, -0.2) is 0 Å². The van der Waals surface area contributed by atoms with Crippen LogP contribution in [0.1, 0.15) is 64.5 Å². The van der Waals surface area contributed by atoms with E-state index in [1.807, 2.05) is 0 Å². The molecule has 0 amide bonds. The Kier molecular flexibility index (Phi) is 6.72. The SMILES string of the molecule is CC[Si](CC)(CC)O[C@H](CN[C@@H]1CCC12CCC2)c1c(Cl)cncc1Cl. The molecule has 0 radical (unpaired) electrons. The monoisotopic (exact) mass is 414 g/mol. The average molecular weight is 415 g/mol. The van der Waals surface area contributed by atoms with Crippen LogP contribution in [0.4, 0.5) is 0 Å². The second-order valence-electron chi connectivity index (χ2n) is 8.08. The third-order valence-electron chi connectivity index (χ3n) is 7.11. The molecule has 0 aromatic carbocycles. The minimum absolute atomic E-state index is 0.0951. The van der Waals surface area contributed by atoms with Crippen LogP contribution in [-0.2, 0) is 4.43 Å². The van der Waals surface area contributed by atoms with Crippen molar-refractivity contribution in [2.24, 2.45) is 5.41 Å². The van der Waals surface area contributed by atoms with Crippen LogP contribution in [0, 0.1) is 5.41 Å². The Labute approximate surface area is 169 Å². The van der Waals surface area contributed by atoms with Gasteiger partial charge in [0.15, 0.2) is 8.32 Å². The average Bonchev–Trinajstić information content (AvgIpc) is 2.57. The maximum Gasteiger partial charge on any atom is 0.192 e. The highest BCUT2D eigenvalue weighted by Crippen LogP contribution is 2.56. The first-order valence-corrected chi connectivity index (χ1v) is 13.5. The highest BCUT2D eigenvalue weighted by atomic mass is 35.5. The summed E-state index contributed by atoms with van der Waals surface area (Å²) in [5.74, 6) is 0. The third-order valence-corrected chi connectivity index (χ3v) is 12.4. The van der Waals surface area contributed by atoms with E-state index in [-0.39, 0.29) is 6.10 Å². The number of aromatic nitrogens is 1. The summed E-state index contributed by atoms with van der Waals surface area (Å²) in [5, 5.41) is 5.05. The molecule has 1 spiro atoms. The van der Waals surface area contributed by atoms with E-state index >= 15 is 0 Å². The quantitative estimate of drug-likeness (QED) is 0.476. The van der Waals surface area contributed by atoms with Crippen molar-refractivity contribution >= 4 is 31.5 Å². The van der Waals surface area contributed by atoms with Gasteiger partial charge in [0.05, 0.1) is 16.1 Å². The molecule has 1 aromatic rings. The van der Waals surface area contributed by atoms with Crippen molar-refractivity contribution in [3.05, 3.63) is 28.0 Å². The van der Waals surface area contributed by atoms with Crippen LogP contribution < -0.4 is 5.32 Å². The lowest BCUT2D eigenvalue weighted by molar-refractivity contribution is -0.0216. The molecule has 2 atom stereocenters. The zero-order valence-corrected chi connectivity index (χ0v) is 18.8. The number of pyridine rings is 1. The van der Waals surface area contributed by atoms with Crippen LogP contribution in [0.5, 0.6) is 0 Å². The van der Waals surface area contributed by atoms with Crippen molar-refractivity contribution in [1.29, 1.82) is 0 Å². The summed E-state index contributed by atoms with van der Waals surface area (Å²) < 4.78 is 6.85. The maximum atomic E-state index is 6.85. The molecule has 1 heterocycles. The minimum atomic E-state index is -1.78. The van der Waals surface area contributed by atoms with Crippen molar-refractivity contribution in [3.8, 4) is 0 Å². The molecule has 2 saturated carbocycles. The van der Waals surface area contributed by atoms with Gasteiger partial charge in [-0.2, -0.15) is 0 Å². The number of rotatable bonds is 9. The first-order valence-electron chi connectivity index (χ1n) is 10.2. The van der Waals surface area contributed by atoms with Gasteiger partial charge in [0, 0.05) is 30.5 Å². The van der Waals surface area contributed by atoms with E-state index in [9.17, 15) is 0 Å². The molecule has 146 valence electrons. The van der Waals surface area contributed by atoms with E-state index in [0.29, 0.717) is 21.5 Å².